The molecular formula is C12H11ClFN3O. The molecule has 1 saturated carbocycles. The molecule has 1 aliphatic rings. The molecule has 1 aliphatic carbocycles. The van der Waals surface area contributed by atoms with Crippen LogP contribution in [-0.4, -0.2) is 10.1 Å². The highest BCUT2D eigenvalue weighted by atomic mass is 35.5. The zero-order chi connectivity index (χ0) is 12.8. The Bertz CT molecular complexity index is 595. The molecule has 1 fully saturated rings. The van der Waals surface area contributed by atoms with Gasteiger partial charge in [0.2, 0.25) is 5.89 Å². The van der Waals surface area contributed by atoms with Crippen molar-refractivity contribution in [2.45, 2.75) is 24.8 Å². The Morgan fingerprint density at radius 1 is 1.44 bits per heavy atom. The molecule has 6 heteroatoms. The summed E-state index contributed by atoms with van der Waals surface area (Å²) in [5.74, 6) is 0.626. The zero-order valence-corrected chi connectivity index (χ0v) is 10.2. The van der Waals surface area contributed by atoms with Gasteiger partial charge in [0.15, 0.2) is 5.82 Å². The van der Waals surface area contributed by atoms with E-state index >= 15 is 0 Å². The van der Waals surface area contributed by atoms with Crippen LogP contribution < -0.4 is 5.73 Å². The van der Waals surface area contributed by atoms with Crippen LogP contribution in [0.15, 0.2) is 22.7 Å². The third kappa shape index (κ3) is 1.71. The lowest BCUT2D eigenvalue weighted by Gasteiger charge is -2.12. The second kappa shape index (κ2) is 4.03. The van der Waals surface area contributed by atoms with Gasteiger partial charge in [0.25, 0.3) is 0 Å². The number of nitrogens with two attached hydrogens (primary N) is 1. The van der Waals surface area contributed by atoms with Crippen LogP contribution in [0, 0.1) is 5.82 Å². The minimum atomic E-state index is -0.352. The molecule has 0 amide bonds. The Morgan fingerprint density at radius 2 is 2.22 bits per heavy atom. The average Bonchev–Trinajstić information content (AvgIpc) is 3.00. The number of hydrogen-bond donors (Lipinski definition) is 1. The van der Waals surface area contributed by atoms with Gasteiger partial charge in [-0.2, -0.15) is 4.98 Å². The summed E-state index contributed by atoms with van der Waals surface area (Å²) in [5, 5.41) is 4.34. The van der Waals surface area contributed by atoms with Crippen molar-refractivity contribution >= 4 is 11.6 Å². The molecule has 1 heterocycles. The minimum Gasteiger partial charge on any atom is -0.338 e. The fourth-order valence-electron chi connectivity index (χ4n) is 2.15. The van der Waals surface area contributed by atoms with Gasteiger partial charge in [-0.3, -0.25) is 0 Å². The highest BCUT2D eigenvalue weighted by Crippen LogP contribution is 2.54. The molecule has 2 N–H and O–H groups in total. The molecule has 2 aromatic rings. The molecule has 0 saturated heterocycles. The van der Waals surface area contributed by atoms with E-state index in [0.29, 0.717) is 16.7 Å². The molecule has 4 nitrogen and oxygen atoms in total. The largest absolute Gasteiger partial charge is 0.338 e. The van der Waals surface area contributed by atoms with Crippen LogP contribution in [0.5, 0.6) is 0 Å². The van der Waals surface area contributed by atoms with Crippen molar-refractivity contribution in [2.24, 2.45) is 5.73 Å². The van der Waals surface area contributed by atoms with Gasteiger partial charge < -0.3 is 10.3 Å². The van der Waals surface area contributed by atoms with E-state index in [2.05, 4.69) is 10.1 Å². The summed E-state index contributed by atoms with van der Waals surface area (Å²) in [4.78, 5) is 4.25. The van der Waals surface area contributed by atoms with Crippen LogP contribution in [0.3, 0.4) is 0 Å². The van der Waals surface area contributed by atoms with Crippen molar-refractivity contribution in [3.63, 3.8) is 0 Å². The third-order valence-electron chi connectivity index (χ3n) is 3.27. The van der Waals surface area contributed by atoms with Crippen molar-refractivity contribution in [2.75, 3.05) is 0 Å². The number of rotatable bonds is 3. The molecule has 1 aromatic heterocycles. The number of aromatic nitrogens is 2. The topological polar surface area (TPSA) is 64.9 Å². The van der Waals surface area contributed by atoms with E-state index in [1.54, 1.807) is 6.07 Å². The van der Waals surface area contributed by atoms with Gasteiger partial charge in [-0.15, -0.1) is 0 Å². The SMILES string of the molecule is NCc1nc(C2(c3ccc(F)cc3Cl)CC2)no1. The normalized spacial score (nSPS) is 16.8. The molecule has 0 atom stereocenters. The predicted molar refractivity (Wildman–Crippen MR) is 63.6 cm³/mol. The van der Waals surface area contributed by atoms with E-state index in [1.807, 2.05) is 0 Å². The quantitative estimate of drug-likeness (QED) is 0.927. The van der Waals surface area contributed by atoms with Crippen LogP contribution in [0.25, 0.3) is 0 Å². The molecule has 18 heavy (non-hydrogen) atoms. The molecule has 94 valence electrons. The van der Waals surface area contributed by atoms with Gasteiger partial charge in [0, 0.05) is 5.02 Å². The van der Waals surface area contributed by atoms with Crippen LogP contribution in [-0.2, 0) is 12.0 Å². The summed E-state index contributed by atoms with van der Waals surface area (Å²) < 4.78 is 18.1. The Balaban J connectivity index is 2.04. The van der Waals surface area contributed by atoms with Crippen molar-refractivity contribution in [3.05, 3.63) is 46.3 Å². The van der Waals surface area contributed by atoms with Crippen molar-refractivity contribution in [1.82, 2.24) is 10.1 Å². The molecule has 1 aromatic carbocycles. The van der Waals surface area contributed by atoms with Gasteiger partial charge >= 0.3 is 0 Å². The molecule has 0 unspecified atom stereocenters. The molecule has 0 spiro atoms. The first kappa shape index (κ1) is 11.6. The molecule has 0 aliphatic heterocycles. The van der Waals surface area contributed by atoms with Crippen LogP contribution in [0.2, 0.25) is 5.02 Å². The number of hydrogen-bond acceptors (Lipinski definition) is 4. The standard InChI is InChI=1S/C12H11ClFN3O/c13-9-5-7(14)1-2-8(9)12(3-4-12)11-16-10(6-15)18-17-11/h1-2,5H,3-4,6,15H2. The van der Waals surface area contributed by atoms with E-state index in [4.69, 9.17) is 21.9 Å². The van der Waals surface area contributed by atoms with Gasteiger partial charge in [0.05, 0.1) is 12.0 Å². The predicted octanol–water partition coefficient (Wildman–Crippen LogP) is 2.40. The lowest BCUT2D eigenvalue weighted by atomic mass is 9.95. The van der Waals surface area contributed by atoms with E-state index in [0.717, 1.165) is 18.4 Å². The maximum atomic E-state index is 13.1. The summed E-state index contributed by atoms with van der Waals surface area (Å²) in [6.45, 7) is 0.209. The van der Waals surface area contributed by atoms with Gasteiger partial charge in [-0.25, -0.2) is 4.39 Å². The summed E-state index contributed by atoms with van der Waals surface area (Å²) in [5.41, 5.74) is 5.95. The summed E-state index contributed by atoms with van der Waals surface area (Å²) >= 11 is 6.09. The smallest absolute Gasteiger partial charge is 0.240 e. The maximum absolute atomic E-state index is 13.1. The van der Waals surface area contributed by atoms with E-state index in [1.165, 1.54) is 12.1 Å². The minimum absolute atomic E-state index is 0.209. The lowest BCUT2D eigenvalue weighted by Crippen LogP contribution is -2.12. The van der Waals surface area contributed by atoms with Crippen molar-refractivity contribution in [3.8, 4) is 0 Å². The van der Waals surface area contributed by atoms with Crippen LogP contribution in [0.4, 0.5) is 4.39 Å². The van der Waals surface area contributed by atoms with E-state index in [9.17, 15) is 4.39 Å². The monoisotopic (exact) mass is 267 g/mol. The highest BCUT2D eigenvalue weighted by molar-refractivity contribution is 6.31. The van der Waals surface area contributed by atoms with Crippen molar-refractivity contribution < 1.29 is 8.91 Å². The third-order valence-corrected chi connectivity index (χ3v) is 3.58. The number of benzene rings is 1. The first-order valence-corrected chi connectivity index (χ1v) is 6.02. The molecule has 3 rings (SSSR count). The van der Waals surface area contributed by atoms with Gasteiger partial charge in [-0.1, -0.05) is 22.8 Å². The second-order valence-corrected chi connectivity index (χ2v) is 4.83. The maximum Gasteiger partial charge on any atom is 0.240 e. The molecular weight excluding hydrogens is 257 g/mol. The number of nitrogens with zero attached hydrogens (tertiary/aromatic N) is 2. The van der Waals surface area contributed by atoms with Crippen LogP contribution in [0.1, 0.15) is 30.1 Å². The Labute approximate surface area is 108 Å². The Kier molecular flexibility index (Phi) is 2.60. The van der Waals surface area contributed by atoms with E-state index in [-0.39, 0.29) is 17.8 Å². The van der Waals surface area contributed by atoms with E-state index < -0.39 is 0 Å². The van der Waals surface area contributed by atoms with Gasteiger partial charge in [-0.05, 0) is 30.5 Å². The van der Waals surface area contributed by atoms with Crippen molar-refractivity contribution in [1.29, 1.82) is 0 Å². The Morgan fingerprint density at radius 3 is 2.78 bits per heavy atom. The second-order valence-electron chi connectivity index (χ2n) is 4.42. The fourth-order valence-corrected chi connectivity index (χ4v) is 2.50. The van der Waals surface area contributed by atoms with Crippen LogP contribution >= 0.6 is 11.6 Å². The number of halogens is 2. The average molecular weight is 268 g/mol. The Hall–Kier alpha value is -1.46. The highest BCUT2D eigenvalue weighted by Gasteiger charge is 2.51. The molecule has 0 radical (unpaired) electrons. The first-order valence-electron chi connectivity index (χ1n) is 5.64. The lowest BCUT2D eigenvalue weighted by molar-refractivity contribution is 0.372. The summed E-state index contributed by atoms with van der Waals surface area (Å²) in [6, 6.07) is 4.38. The summed E-state index contributed by atoms with van der Waals surface area (Å²) in [6.07, 6.45) is 1.75. The molecule has 0 bridgehead atoms. The van der Waals surface area contributed by atoms with Gasteiger partial charge in [0.1, 0.15) is 5.82 Å². The fraction of sp³-hybridized carbons (Fsp3) is 0.333. The first-order chi connectivity index (χ1) is 8.65. The summed E-state index contributed by atoms with van der Waals surface area (Å²) in [7, 11) is 0. The zero-order valence-electron chi connectivity index (χ0n) is 9.49.